The molecule has 8 nitrogen and oxygen atoms in total. The number of fused-ring (bicyclic) bond motifs is 1. The fraction of sp³-hybridized carbons (Fsp3) is 0.438. The minimum Gasteiger partial charge on any atom is -0.449 e. The number of nitrogens with zero attached hydrogens (tertiary/aromatic N) is 1. The van der Waals surface area contributed by atoms with Crippen molar-refractivity contribution < 1.29 is 27.4 Å². The van der Waals surface area contributed by atoms with E-state index in [9.17, 15) is 27.6 Å². The van der Waals surface area contributed by atoms with E-state index in [-0.39, 0.29) is 23.1 Å². The van der Waals surface area contributed by atoms with Gasteiger partial charge in [-0.15, -0.1) is 0 Å². The molecular weight excluding hydrogens is 371 g/mol. The minimum absolute atomic E-state index is 0.00415. The first-order valence-electron chi connectivity index (χ1n) is 8.18. The van der Waals surface area contributed by atoms with Crippen LogP contribution >= 0.6 is 0 Å². The molecule has 1 aromatic carbocycles. The summed E-state index contributed by atoms with van der Waals surface area (Å²) in [6.07, 6.45) is -5.56. The normalized spacial score (nSPS) is 17.3. The van der Waals surface area contributed by atoms with Gasteiger partial charge in [0.25, 0.3) is 5.56 Å². The summed E-state index contributed by atoms with van der Waals surface area (Å²) in [5.74, 6) is 0. The maximum Gasteiger partial charge on any atom is 0.426 e. The molecule has 1 aliphatic heterocycles. The molecule has 0 radical (unpaired) electrons. The molecule has 0 unspecified atom stereocenters. The van der Waals surface area contributed by atoms with Crippen molar-refractivity contribution in [1.82, 2.24) is 9.66 Å². The summed E-state index contributed by atoms with van der Waals surface area (Å²) in [4.78, 5) is 38.3. The van der Waals surface area contributed by atoms with Crippen LogP contribution in [-0.2, 0) is 15.7 Å². The van der Waals surface area contributed by atoms with Gasteiger partial charge < -0.3 is 14.5 Å². The first-order valence-corrected chi connectivity index (χ1v) is 8.18. The van der Waals surface area contributed by atoms with E-state index in [1.165, 1.54) is 6.92 Å². The average Bonchev–Trinajstić information content (AvgIpc) is 3.11. The van der Waals surface area contributed by atoms with Crippen LogP contribution in [0.15, 0.2) is 21.7 Å². The molecule has 146 valence electrons. The standard InChI is InChI=1S/C16H16F3N3O5/c1-2-26-15(25)21-22-13(23)9-6-8(12-4-3-5-27-12)10(16(17,18)19)7-11(9)20-14(22)24/h6-7,12H,2-5H2,1H3,(H,20,24)(H,21,25)/t12-/m1/s1. The molecule has 1 aromatic heterocycles. The summed E-state index contributed by atoms with van der Waals surface area (Å²) in [6.45, 7) is 1.85. The van der Waals surface area contributed by atoms with Gasteiger partial charge in [0, 0.05) is 6.61 Å². The van der Waals surface area contributed by atoms with Crippen LogP contribution in [0.25, 0.3) is 10.9 Å². The van der Waals surface area contributed by atoms with E-state index in [2.05, 4.69) is 9.72 Å². The number of carbonyl (C=O) groups excluding carboxylic acids is 1. The number of H-pyrrole nitrogens is 1. The van der Waals surface area contributed by atoms with Gasteiger partial charge in [-0.2, -0.15) is 17.8 Å². The molecule has 0 saturated carbocycles. The molecule has 2 aromatic rings. The van der Waals surface area contributed by atoms with E-state index in [1.54, 1.807) is 0 Å². The number of carbonyl (C=O) groups is 1. The van der Waals surface area contributed by atoms with E-state index >= 15 is 0 Å². The fourth-order valence-electron chi connectivity index (χ4n) is 2.97. The summed E-state index contributed by atoms with van der Waals surface area (Å²) < 4.78 is 50.7. The SMILES string of the molecule is CCOC(=O)Nn1c(=O)[nH]c2cc(C(F)(F)F)c([C@H]3CCCO3)cc2c1=O. The second-order valence-electron chi connectivity index (χ2n) is 5.89. The second-order valence-corrected chi connectivity index (χ2v) is 5.89. The predicted molar refractivity (Wildman–Crippen MR) is 88.1 cm³/mol. The van der Waals surface area contributed by atoms with Crippen LogP contribution in [0.5, 0.6) is 0 Å². The Kier molecular flexibility index (Phi) is 4.96. The number of rotatable bonds is 3. The highest BCUT2D eigenvalue weighted by molar-refractivity contribution is 5.81. The Balaban J connectivity index is 2.21. The van der Waals surface area contributed by atoms with Gasteiger partial charge in [-0.25, -0.2) is 15.0 Å². The van der Waals surface area contributed by atoms with Crippen LogP contribution in [0, 0.1) is 0 Å². The van der Waals surface area contributed by atoms with Crippen molar-refractivity contribution in [3.63, 3.8) is 0 Å². The van der Waals surface area contributed by atoms with Crippen molar-refractivity contribution in [2.75, 3.05) is 18.6 Å². The lowest BCUT2D eigenvalue weighted by Gasteiger charge is -2.18. The van der Waals surface area contributed by atoms with Crippen LogP contribution in [0.3, 0.4) is 0 Å². The fourth-order valence-corrected chi connectivity index (χ4v) is 2.97. The number of hydrogen-bond donors (Lipinski definition) is 2. The van der Waals surface area contributed by atoms with Crippen LogP contribution in [0.4, 0.5) is 18.0 Å². The average molecular weight is 387 g/mol. The zero-order valence-corrected chi connectivity index (χ0v) is 14.2. The van der Waals surface area contributed by atoms with E-state index in [0.29, 0.717) is 30.2 Å². The highest BCUT2D eigenvalue weighted by atomic mass is 19.4. The van der Waals surface area contributed by atoms with Gasteiger partial charge in [0.1, 0.15) is 0 Å². The summed E-state index contributed by atoms with van der Waals surface area (Å²) in [6, 6.07) is 1.76. The number of halogens is 3. The predicted octanol–water partition coefficient (Wildman–Crippen LogP) is 2.26. The highest BCUT2D eigenvalue weighted by Crippen LogP contribution is 2.40. The number of amides is 1. The van der Waals surface area contributed by atoms with Crippen molar-refractivity contribution in [3.05, 3.63) is 44.1 Å². The molecule has 1 aliphatic rings. The quantitative estimate of drug-likeness (QED) is 0.841. The smallest absolute Gasteiger partial charge is 0.426 e. The maximum absolute atomic E-state index is 13.5. The number of aromatic amines is 1. The molecule has 1 atom stereocenters. The molecule has 3 rings (SSSR count). The topological polar surface area (TPSA) is 102 Å². The molecule has 27 heavy (non-hydrogen) atoms. The van der Waals surface area contributed by atoms with Crippen molar-refractivity contribution in [2.24, 2.45) is 0 Å². The zero-order valence-electron chi connectivity index (χ0n) is 14.2. The number of benzene rings is 1. The number of ether oxygens (including phenoxy) is 2. The molecule has 2 N–H and O–H groups in total. The number of hydrogen-bond acceptors (Lipinski definition) is 5. The zero-order chi connectivity index (χ0) is 19.8. The van der Waals surface area contributed by atoms with Gasteiger partial charge in [-0.3, -0.25) is 4.79 Å². The Morgan fingerprint density at radius 2 is 2.15 bits per heavy atom. The summed E-state index contributed by atoms with van der Waals surface area (Å²) in [5, 5.41) is -0.190. The molecule has 2 heterocycles. The molecule has 0 spiro atoms. The summed E-state index contributed by atoms with van der Waals surface area (Å²) in [7, 11) is 0. The minimum atomic E-state index is -4.69. The van der Waals surface area contributed by atoms with Crippen molar-refractivity contribution in [1.29, 1.82) is 0 Å². The van der Waals surface area contributed by atoms with Gasteiger partial charge in [-0.05, 0) is 37.5 Å². The third-order valence-corrected chi connectivity index (χ3v) is 4.13. The van der Waals surface area contributed by atoms with Gasteiger partial charge in [0.15, 0.2) is 0 Å². The Morgan fingerprint density at radius 3 is 2.74 bits per heavy atom. The van der Waals surface area contributed by atoms with E-state index in [1.807, 2.05) is 5.43 Å². The third-order valence-electron chi connectivity index (χ3n) is 4.13. The molecule has 0 bridgehead atoms. The molecule has 11 heteroatoms. The van der Waals surface area contributed by atoms with Gasteiger partial charge >= 0.3 is 18.0 Å². The Bertz CT molecular complexity index is 990. The molecular formula is C16H16F3N3O5. The number of alkyl halides is 3. The van der Waals surface area contributed by atoms with Gasteiger partial charge in [0.05, 0.1) is 29.2 Å². The van der Waals surface area contributed by atoms with E-state index < -0.39 is 35.2 Å². The van der Waals surface area contributed by atoms with Crippen molar-refractivity contribution in [3.8, 4) is 0 Å². The largest absolute Gasteiger partial charge is 0.449 e. The lowest BCUT2D eigenvalue weighted by atomic mass is 9.97. The Hall–Kier alpha value is -2.82. The Labute approximate surface area is 149 Å². The van der Waals surface area contributed by atoms with Crippen molar-refractivity contribution >= 4 is 17.0 Å². The third kappa shape index (κ3) is 3.68. The van der Waals surface area contributed by atoms with Crippen LogP contribution in [0.1, 0.15) is 37.0 Å². The first-order chi connectivity index (χ1) is 12.7. The lowest BCUT2D eigenvalue weighted by Crippen LogP contribution is -2.43. The highest BCUT2D eigenvalue weighted by Gasteiger charge is 2.37. The maximum atomic E-state index is 13.5. The lowest BCUT2D eigenvalue weighted by molar-refractivity contribution is -0.139. The van der Waals surface area contributed by atoms with Gasteiger partial charge in [0.2, 0.25) is 0 Å². The van der Waals surface area contributed by atoms with E-state index in [4.69, 9.17) is 4.74 Å². The van der Waals surface area contributed by atoms with E-state index in [0.717, 1.165) is 6.07 Å². The molecule has 1 amide bonds. The molecule has 1 saturated heterocycles. The number of nitrogens with one attached hydrogen (secondary N) is 2. The van der Waals surface area contributed by atoms with Crippen molar-refractivity contribution in [2.45, 2.75) is 32.0 Å². The monoisotopic (exact) mass is 387 g/mol. The number of aromatic nitrogens is 2. The Morgan fingerprint density at radius 1 is 1.41 bits per heavy atom. The molecule has 0 aliphatic carbocycles. The summed E-state index contributed by atoms with van der Waals surface area (Å²) in [5.41, 5.74) is -1.58. The second kappa shape index (κ2) is 7.06. The van der Waals surface area contributed by atoms with Crippen LogP contribution < -0.4 is 16.7 Å². The van der Waals surface area contributed by atoms with Gasteiger partial charge in [-0.1, -0.05) is 0 Å². The molecule has 1 fully saturated rings. The first kappa shape index (κ1) is 19.0. The van der Waals surface area contributed by atoms with Crippen LogP contribution in [0.2, 0.25) is 0 Å². The van der Waals surface area contributed by atoms with Crippen LogP contribution in [-0.4, -0.2) is 29.0 Å². The summed E-state index contributed by atoms with van der Waals surface area (Å²) >= 11 is 0.